The molecule has 1 aromatic rings. The molecule has 0 radical (unpaired) electrons. The maximum Gasteiger partial charge on any atom is 0.126 e. The molecule has 1 aliphatic rings. The number of halogens is 1. The Bertz CT molecular complexity index is 302. The van der Waals surface area contributed by atoms with Crippen LogP contribution in [0.15, 0.2) is 10.8 Å². The van der Waals surface area contributed by atoms with Crippen LogP contribution in [0.25, 0.3) is 0 Å². The molecule has 0 aromatic carbocycles. The molecule has 3 nitrogen and oxygen atoms in total. The van der Waals surface area contributed by atoms with E-state index in [4.69, 9.17) is 0 Å². The van der Waals surface area contributed by atoms with Crippen LogP contribution in [0.5, 0.6) is 0 Å². The van der Waals surface area contributed by atoms with Gasteiger partial charge in [-0.3, -0.25) is 4.68 Å². The van der Waals surface area contributed by atoms with Gasteiger partial charge in [0.15, 0.2) is 0 Å². The topological polar surface area (TPSA) is 29.9 Å². The number of hydrogen-bond donors (Lipinski definition) is 1. The Balaban J connectivity index is 1.99. The first-order chi connectivity index (χ1) is 6.77. The lowest BCUT2D eigenvalue weighted by atomic mass is 9.95. The molecule has 1 fully saturated rings. The highest BCUT2D eigenvalue weighted by atomic mass is 79.9. The maximum atomic E-state index is 4.19. The summed E-state index contributed by atoms with van der Waals surface area (Å²) >= 11 is 3.51. The standard InChI is InChI=1S/C10H16BrN3/c1-14-10(11)9(7-12-14)13-8-5-3-2-4-6-8/h7-8,13H,2-6H2,1H3. The van der Waals surface area contributed by atoms with Gasteiger partial charge in [-0.2, -0.15) is 5.10 Å². The van der Waals surface area contributed by atoms with Crippen LogP contribution in [0, 0.1) is 0 Å². The average Bonchev–Trinajstić information content (AvgIpc) is 2.52. The minimum absolute atomic E-state index is 0.643. The van der Waals surface area contributed by atoms with Crippen LogP contribution in [-0.4, -0.2) is 15.8 Å². The molecule has 0 aliphatic heterocycles. The number of nitrogens with zero attached hydrogens (tertiary/aromatic N) is 2. The van der Waals surface area contributed by atoms with E-state index in [9.17, 15) is 0 Å². The zero-order valence-corrected chi connectivity index (χ0v) is 10.0. The van der Waals surface area contributed by atoms with Crippen molar-refractivity contribution in [1.82, 2.24) is 9.78 Å². The lowest BCUT2D eigenvalue weighted by Gasteiger charge is -2.23. The monoisotopic (exact) mass is 257 g/mol. The molecule has 78 valence electrons. The second-order valence-corrected chi connectivity index (χ2v) is 4.70. The van der Waals surface area contributed by atoms with Crippen molar-refractivity contribution >= 4 is 21.6 Å². The Kier molecular flexibility index (Phi) is 3.11. The molecular weight excluding hydrogens is 242 g/mol. The first-order valence-electron chi connectivity index (χ1n) is 5.21. The van der Waals surface area contributed by atoms with Gasteiger partial charge in [0.2, 0.25) is 0 Å². The summed E-state index contributed by atoms with van der Waals surface area (Å²) < 4.78 is 2.88. The van der Waals surface area contributed by atoms with Crippen LogP contribution in [0.4, 0.5) is 5.69 Å². The van der Waals surface area contributed by atoms with E-state index in [-0.39, 0.29) is 0 Å². The summed E-state index contributed by atoms with van der Waals surface area (Å²) in [4.78, 5) is 0. The summed E-state index contributed by atoms with van der Waals surface area (Å²) in [6, 6.07) is 0.643. The summed E-state index contributed by atoms with van der Waals surface area (Å²) in [7, 11) is 1.94. The van der Waals surface area contributed by atoms with Crippen molar-refractivity contribution in [3.05, 3.63) is 10.8 Å². The maximum absolute atomic E-state index is 4.19. The number of aromatic nitrogens is 2. The molecule has 0 amide bonds. The van der Waals surface area contributed by atoms with E-state index in [1.165, 1.54) is 32.1 Å². The summed E-state index contributed by atoms with van der Waals surface area (Å²) in [6.07, 6.45) is 8.58. The van der Waals surface area contributed by atoms with Gasteiger partial charge >= 0.3 is 0 Å². The van der Waals surface area contributed by atoms with Crippen molar-refractivity contribution in [2.75, 3.05) is 5.32 Å². The van der Waals surface area contributed by atoms with Gasteiger partial charge in [0.05, 0.1) is 11.9 Å². The third-order valence-corrected chi connectivity index (χ3v) is 3.77. The van der Waals surface area contributed by atoms with Crippen LogP contribution in [0.3, 0.4) is 0 Å². The molecule has 1 heterocycles. The SMILES string of the molecule is Cn1ncc(NC2CCCCC2)c1Br. The number of aryl methyl sites for hydroxylation is 1. The molecule has 0 spiro atoms. The number of rotatable bonds is 2. The van der Waals surface area contributed by atoms with E-state index >= 15 is 0 Å². The molecular formula is C10H16BrN3. The molecule has 1 saturated carbocycles. The summed E-state index contributed by atoms with van der Waals surface area (Å²) in [5.74, 6) is 0. The molecule has 0 saturated heterocycles. The van der Waals surface area contributed by atoms with Gasteiger partial charge in [-0.05, 0) is 28.8 Å². The smallest absolute Gasteiger partial charge is 0.126 e. The summed E-state index contributed by atoms with van der Waals surface area (Å²) in [5, 5.41) is 7.73. The average molecular weight is 258 g/mol. The van der Waals surface area contributed by atoms with Crippen molar-refractivity contribution < 1.29 is 0 Å². The third-order valence-electron chi connectivity index (χ3n) is 2.83. The lowest BCUT2D eigenvalue weighted by molar-refractivity contribution is 0.462. The van der Waals surface area contributed by atoms with Crippen molar-refractivity contribution in [2.45, 2.75) is 38.1 Å². The van der Waals surface area contributed by atoms with Crippen molar-refractivity contribution in [3.63, 3.8) is 0 Å². The highest BCUT2D eigenvalue weighted by Gasteiger charge is 2.15. The minimum Gasteiger partial charge on any atom is -0.379 e. The van der Waals surface area contributed by atoms with Crippen molar-refractivity contribution in [2.24, 2.45) is 7.05 Å². The van der Waals surface area contributed by atoms with E-state index in [0.29, 0.717) is 6.04 Å². The molecule has 0 unspecified atom stereocenters. The Morgan fingerprint density at radius 2 is 2.14 bits per heavy atom. The Labute approximate surface area is 93.0 Å². The number of nitrogens with one attached hydrogen (secondary N) is 1. The van der Waals surface area contributed by atoms with Gasteiger partial charge in [0.1, 0.15) is 4.60 Å². The van der Waals surface area contributed by atoms with Gasteiger partial charge in [-0.1, -0.05) is 19.3 Å². The first-order valence-corrected chi connectivity index (χ1v) is 6.00. The van der Waals surface area contributed by atoms with Crippen LogP contribution in [-0.2, 0) is 7.05 Å². The van der Waals surface area contributed by atoms with E-state index < -0.39 is 0 Å². The number of anilines is 1. The van der Waals surface area contributed by atoms with Gasteiger partial charge in [-0.25, -0.2) is 0 Å². The fourth-order valence-corrected chi connectivity index (χ4v) is 2.29. The van der Waals surface area contributed by atoms with Gasteiger partial charge in [-0.15, -0.1) is 0 Å². The van der Waals surface area contributed by atoms with Gasteiger partial charge < -0.3 is 5.32 Å². The largest absolute Gasteiger partial charge is 0.379 e. The zero-order valence-electron chi connectivity index (χ0n) is 8.46. The molecule has 1 aromatic heterocycles. The van der Waals surface area contributed by atoms with Gasteiger partial charge in [0, 0.05) is 13.1 Å². The second kappa shape index (κ2) is 4.34. The van der Waals surface area contributed by atoms with E-state index in [1.807, 2.05) is 17.9 Å². The second-order valence-electron chi connectivity index (χ2n) is 3.95. The predicted octanol–water partition coefficient (Wildman–Crippen LogP) is 2.93. The molecule has 1 N–H and O–H groups in total. The Hall–Kier alpha value is -0.510. The third kappa shape index (κ3) is 2.11. The minimum atomic E-state index is 0.643. The fourth-order valence-electron chi connectivity index (χ4n) is 1.99. The molecule has 0 bridgehead atoms. The molecule has 14 heavy (non-hydrogen) atoms. The highest BCUT2D eigenvalue weighted by molar-refractivity contribution is 9.10. The van der Waals surface area contributed by atoms with Crippen LogP contribution >= 0.6 is 15.9 Å². The number of hydrogen-bond acceptors (Lipinski definition) is 2. The summed E-state index contributed by atoms with van der Waals surface area (Å²) in [6.45, 7) is 0. The van der Waals surface area contributed by atoms with Crippen LogP contribution in [0.2, 0.25) is 0 Å². The van der Waals surface area contributed by atoms with E-state index in [0.717, 1.165) is 10.3 Å². The molecule has 1 aliphatic carbocycles. The van der Waals surface area contributed by atoms with Crippen LogP contribution in [0.1, 0.15) is 32.1 Å². The van der Waals surface area contributed by atoms with Gasteiger partial charge in [0.25, 0.3) is 0 Å². The first kappa shape index (κ1) is 10.0. The zero-order chi connectivity index (χ0) is 9.97. The summed E-state index contributed by atoms with van der Waals surface area (Å²) in [5.41, 5.74) is 1.12. The molecule has 2 rings (SSSR count). The van der Waals surface area contributed by atoms with E-state index in [1.54, 1.807) is 0 Å². The van der Waals surface area contributed by atoms with Crippen LogP contribution < -0.4 is 5.32 Å². The van der Waals surface area contributed by atoms with E-state index in [2.05, 4.69) is 26.3 Å². The van der Waals surface area contributed by atoms with Crippen molar-refractivity contribution in [3.8, 4) is 0 Å². The Morgan fingerprint density at radius 3 is 2.71 bits per heavy atom. The molecule has 0 atom stereocenters. The predicted molar refractivity (Wildman–Crippen MR) is 61.4 cm³/mol. The van der Waals surface area contributed by atoms with Crippen molar-refractivity contribution in [1.29, 1.82) is 0 Å². The molecule has 4 heteroatoms. The fraction of sp³-hybridized carbons (Fsp3) is 0.700. The highest BCUT2D eigenvalue weighted by Crippen LogP contribution is 2.26. The normalized spacial score (nSPS) is 18.4. The lowest BCUT2D eigenvalue weighted by Crippen LogP contribution is -2.22. The quantitative estimate of drug-likeness (QED) is 0.883. The Morgan fingerprint density at radius 1 is 1.43 bits per heavy atom.